The predicted molar refractivity (Wildman–Crippen MR) is 95.9 cm³/mol. The number of amides is 2. The molecule has 1 aromatic heterocycles. The first-order chi connectivity index (χ1) is 12.1. The molecule has 6 heteroatoms. The summed E-state index contributed by atoms with van der Waals surface area (Å²) in [4.78, 5) is 31.0. The Morgan fingerprint density at radius 2 is 1.88 bits per heavy atom. The average Bonchev–Trinajstić information content (AvgIpc) is 3.30. The molecule has 2 heterocycles. The number of aromatic nitrogens is 2. The zero-order valence-electron chi connectivity index (χ0n) is 15.2. The summed E-state index contributed by atoms with van der Waals surface area (Å²) < 4.78 is 2.10. The van der Waals surface area contributed by atoms with Crippen LogP contribution in [-0.2, 0) is 16.1 Å². The van der Waals surface area contributed by atoms with E-state index in [4.69, 9.17) is 0 Å². The van der Waals surface area contributed by atoms with Crippen molar-refractivity contribution >= 4 is 11.8 Å². The first kappa shape index (κ1) is 18.0. The largest absolute Gasteiger partial charge is 0.356 e. The van der Waals surface area contributed by atoms with Gasteiger partial charge in [0.05, 0.1) is 0 Å². The average molecular weight is 346 g/mol. The molecular weight excluding hydrogens is 316 g/mol. The maximum Gasteiger partial charge on any atom is 0.225 e. The molecule has 2 fully saturated rings. The lowest BCUT2D eigenvalue weighted by Gasteiger charge is -2.33. The van der Waals surface area contributed by atoms with Gasteiger partial charge in [0.25, 0.3) is 0 Å². The first-order valence-electron chi connectivity index (χ1n) is 9.69. The van der Waals surface area contributed by atoms with Crippen molar-refractivity contribution in [3.05, 3.63) is 18.2 Å². The molecule has 0 aromatic carbocycles. The summed E-state index contributed by atoms with van der Waals surface area (Å²) in [5.41, 5.74) is 0. The van der Waals surface area contributed by atoms with E-state index < -0.39 is 0 Å². The summed E-state index contributed by atoms with van der Waals surface area (Å²) in [5, 5.41) is 3.06. The lowest BCUT2D eigenvalue weighted by atomic mass is 9.94. The number of carbonyl (C=O) groups excluding carboxylic acids is 2. The molecule has 2 aliphatic rings. The van der Waals surface area contributed by atoms with E-state index in [9.17, 15) is 9.59 Å². The number of imidazole rings is 1. The van der Waals surface area contributed by atoms with Gasteiger partial charge in [-0.05, 0) is 39.0 Å². The third-order valence-electron chi connectivity index (χ3n) is 5.68. The van der Waals surface area contributed by atoms with Gasteiger partial charge in [0, 0.05) is 50.4 Å². The Kier molecular flexibility index (Phi) is 6.10. The molecule has 1 aliphatic heterocycles. The number of hydrogen-bond donors (Lipinski definition) is 1. The second-order valence-electron chi connectivity index (χ2n) is 7.39. The Balaban J connectivity index is 1.34. The molecule has 3 rings (SSSR count). The van der Waals surface area contributed by atoms with Gasteiger partial charge >= 0.3 is 0 Å². The van der Waals surface area contributed by atoms with Crippen LogP contribution in [0.1, 0.15) is 50.8 Å². The number of nitrogens with zero attached hydrogens (tertiary/aromatic N) is 3. The van der Waals surface area contributed by atoms with Crippen LogP contribution in [-0.4, -0.2) is 45.9 Å². The van der Waals surface area contributed by atoms with Gasteiger partial charge in [-0.2, -0.15) is 0 Å². The van der Waals surface area contributed by atoms with Crippen LogP contribution in [0.3, 0.4) is 0 Å². The van der Waals surface area contributed by atoms with Crippen LogP contribution in [0.2, 0.25) is 0 Å². The van der Waals surface area contributed by atoms with Crippen LogP contribution in [0.15, 0.2) is 12.4 Å². The third-order valence-corrected chi connectivity index (χ3v) is 5.68. The minimum atomic E-state index is 0.0580. The first-order valence-corrected chi connectivity index (χ1v) is 9.69. The number of carbonyl (C=O) groups is 2. The van der Waals surface area contributed by atoms with E-state index in [1.165, 1.54) is 12.8 Å². The number of nitrogens with one attached hydrogen (secondary N) is 1. The van der Waals surface area contributed by atoms with Crippen molar-refractivity contribution < 1.29 is 9.59 Å². The normalized spacial score (nSPS) is 19.3. The fourth-order valence-electron chi connectivity index (χ4n) is 4.04. The van der Waals surface area contributed by atoms with Crippen LogP contribution < -0.4 is 5.32 Å². The second kappa shape index (κ2) is 8.50. The fourth-order valence-corrected chi connectivity index (χ4v) is 4.04. The second-order valence-corrected chi connectivity index (χ2v) is 7.39. The molecule has 1 saturated carbocycles. The van der Waals surface area contributed by atoms with Crippen molar-refractivity contribution in [2.75, 3.05) is 19.6 Å². The Hall–Kier alpha value is -1.85. The van der Waals surface area contributed by atoms with E-state index in [1.54, 1.807) is 6.20 Å². The van der Waals surface area contributed by atoms with Gasteiger partial charge in [0.1, 0.15) is 5.82 Å². The Bertz CT molecular complexity index is 584. The van der Waals surface area contributed by atoms with Gasteiger partial charge in [-0.1, -0.05) is 12.8 Å². The Morgan fingerprint density at radius 3 is 2.52 bits per heavy atom. The van der Waals surface area contributed by atoms with Gasteiger partial charge in [0.15, 0.2) is 0 Å². The fraction of sp³-hybridized carbons (Fsp3) is 0.737. The standard InChI is InChI=1S/C19H30N4O2/c1-15-20-10-14-22(15)11-4-9-21-18(24)16-7-12-23(13-8-16)19(25)17-5-2-3-6-17/h10,14,16-17H,2-9,11-13H2,1H3,(H,21,24). The topological polar surface area (TPSA) is 67.2 Å². The van der Waals surface area contributed by atoms with Gasteiger partial charge in [0.2, 0.25) is 11.8 Å². The number of piperidine rings is 1. The molecule has 0 atom stereocenters. The van der Waals surface area contributed by atoms with Crippen molar-refractivity contribution in [1.82, 2.24) is 19.8 Å². The van der Waals surface area contributed by atoms with Crippen LogP contribution >= 0.6 is 0 Å². The summed E-state index contributed by atoms with van der Waals surface area (Å²) in [6, 6.07) is 0. The highest BCUT2D eigenvalue weighted by atomic mass is 16.2. The van der Waals surface area contributed by atoms with Crippen molar-refractivity contribution in [3.63, 3.8) is 0 Å². The molecule has 0 bridgehead atoms. The van der Waals surface area contributed by atoms with Crippen molar-refractivity contribution in [2.45, 2.75) is 58.4 Å². The number of rotatable bonds is 6. The smallest absolute Gasteiger partial charge is 0.225 e. The van der Waals surface area contributed by atoms with E-state index in [0.29, 0.717) is 12.5 Å². The molecule has 1 aromatic rings. The summed E-state index contributed by atoms with van der Waals surface area (Å²) >= 11 is 0. The molecule has 1 aliphatic carbocycles. The lowest BCUT2D eigenvalue weighted by molar-refractivity contribution is -0.139. The molecule has 138 valence electrons. The highest BCUT2D eigenvalue weighted by Crippen LogP contribution is 2.28. The zero-order valence-corrected chi connectivity index (χ0v) is 15.2. The van der Waals surface area contributed by atoms with Crippen LogP contribution in [0.25, 0.3) is 0 Å². The summed E-state index contributed by atoms with van der Waals surface area (Å²) in [6.45, 7) is 5.03. The SMILES string of the molecule is Cc1nccn1CCCNC(=O)C1CCN(C(=O)C2CCCC2)CC1. The number of likely N-dealkylation sites (tertiary alicyclic amines) is 1. The third kappa shape index (κ3) is 4.61. The summed E-state index contributed by atoms with van der Waals surface area (Å²) in [6.07, 6.45) is 10.7. The van der Waals surface area contributed by atoms with Crippen LogP contribution in [0.4, 0.5) is 0 Å². The summed E-state index contributed by atoms with van der Waals surface area (Å²) in [7, 11) is 0. The van der Waals surface area contributed by atoms with E-state index in [-0.39, 0.29) is 17.7 Å². The van der Waals surface area contributed by atoms with E-state index in [2.05, 4.69) is 14.9 Å². The molecular formula is C19H30N4O2. The molecule has 1 N–H and O–H groups in total. The maximum atomic E-state index is 12.4. The van der Waals surface area contributed by atoms with Gasteiger partial charge in [-0.25, -0.2) is 4.98 Å². The van der Waals surface area contributed by atoms with Gasteiger partial charge in [-0.3, -0.25) is 9.59 Å². The van der Waals surface area contributed by atoms with E-state index >= 15 is 0 Å². The molecule has 1 saturated heterocycles. The Labute approximate surface area is 150 Å². The molecule has 25 heavy (non-hydrogen) atoms. The number of hydrogen-bond acceptors (Lipinski definition) is 3. The van der Waals surface area contributed by atoms with Crippen molar-refractivity contribution in [3.8, 4) is 0 Å². The highest BCUT2D eigenvalue weighted by molar-refractivity contribution is 5.81. The predicted octanol–water partition coefficient (Wildman–Crippen LogP) is 2.13. The maximum absolute atomic E-state index is 12.4. The monoisotopic (exact) mass is 346 g/mol. The Morgan fingerprint density at radius 1 is 1.16 bits per heavy atom. The summed E-state index contributed by atoms with van der Waals surface area (Å²) in [5.74, 6) is 1.78. The van der Waals surface area contributed by atoms with Crippen LogP contribution in [0, 0.1) is 18.8 Å². The quantitative estimate of drug-likeness (QED) is 0.803. The molecule has 6 nitrogen and oxygen atoms in total. The molecule has 2 amide bonds. The van der Waals surface area contributed by atoms with Gasteiger partial charge < -0.3 is 14.8 Å². The highest BCUT2D eigenvalue weighted by Gasteiger charge is 2.31. The molecule has 0 spiro atoms. The van der Waals surface area contributed by atoms with E-state index in [1.807, 2.05) is 18.0 Å². The molecule has 0 radical (unpaired) electrons. The lowest BCUT2D eigenvalue weighted by Crippen LogP contribution is -2.44. The van der Waals surface area contributed by atoms with Crippen molar-refractivity contribution in [1.29, 1.82) is 0 Å². The van der Waals surface area contributed by atoms with E-state index in [0.717, 1.165) is 57.6 Å². The molecule has 0 unspecified atom stereocenters. The zero-order chi connectivity index (χ0) is 17.6. The van der Waals surface area contributed by atoms with Crippen LogP contribution in [0.5, 0.6) is 0 Å². The van der Waals surface area contributed by atoms with Gasteiger partial charge in [-0.15, -0.1) is 0 Å². The minimum absolute atomic E-state index is 0.0580. The van der Waals surface area contributed by atoms with Crippen molar-refractivity contribution in [2.24, 2.45) is 11.8 Å². The number of aryl methyl sites for hydroxylation is 2. The minimum Gasteiger partial charge on any atom is -0.356 e.